The molecule has 6 heteroatoms. The number of nitrogens with one attached hydrogen (secondary N) is 1. The van der Waals surface area contributed by atoms with Crippen LogP contribution in [0.1, 0.15) is 30.3 Å². The molecule has 0 aliphatic heterocycles. The summed E-state index contributed by atoms with van der Waals surface area (Å²) in [6.07, 6.45) is 0.215. The Morgan fingerprint density at radius 2 is 1.95 bits per heavy atom. The molecule has 22 heavy (non-hydrogen) atoms. The first-order valence-corrected chi connectivity index (χ1v) is 7.91. The molecule has 1 heterocycles. The van der Waals surface area contributed by atoms with Gasteiger partial charge in [0.2, 0.25) is 5.91 Å². The van der Waals surface area contributed by atoms with Crippen LogP contribution in [0, 0.1) is 16.0 Å². The molecule has 0 aliphatic rings. The lowest BCUT2D eigenvalue weighted by atomic mass is 10.0. The van der Waals surface area contributed by atoms with Crippen molar-refractivity contribution in [2.24, 2.45) is 5.92 Å². The molecule has 0 bridgehead atoms. The number of benzene rings is 1. The normalized spacial score (nSPS) is 12.1. The summed E-state index contributed by atoms with van der Waals surface area (Å²) in [5, 5.41) is 15.6. The summed E-state index contributed by atoms with van der Waals surface area (Å²) in [6.45, 7) is 4.13. The molecule has 1 N–H and O–H groups in total. The second kappa shape index (κ2) is 7.17. The zero-order valence-corrected chi connectivity index (χ0v) is 13.3. The number of nitro groups is 1. The van der Waals surface area contributed by atoms with E-state index in [4.69, 9.17) is 0 Å². The van der Waals surface area contributed by atoms with Crippen molar-refractivity contribution in [3.8, 4) is 0 Å². The third-order valence-corrected chi connectivity index (χ3v) is 4.30. The predicted molar refractivity (Wildman–Crippen MR) is 86.8 cm³/mol. The Morgan fingerprint density at radius 3 is 2.45 bits per heavy atom. The van der Waals surface area contributed by atoms with E-state index in [-0.39, 0.29) is 24.1 Å². The molecule has 1 atom stereocenters. The summed E-state index contributed by atoms with van der Waals surface area (Å²) in [5.41, 5.74) is 0.791. The summed E-state index contributed by atoms with van der Waals surface area (Å²) in [5.74, 6) is 0.209. The van der Waals surface area contributed by atoms with Gasteiger partial charge < -0.3 is 5.32 Å². The fourth-order valence-corrected chi connectivity index (χ4v) is 3.13. The Kier molecular flexibility index (Phi) is 5.27. The molecule has 1 aromatic carbocycles. The minimum atomic E-state index is -0.449. The number of nitrogens with zero attached hydrogens (tertiary/aromatic N) is 1. The van der Waals surface area contributed by atoms with Crippen LogP contribution < -0.4 is 5.32 Å². The third kappa shape index (κ3) is 4.14. The van der Waals surface area contributed by atoms with Gasteiger partial charge in [-0.1, -0.05) is 32.0 Å². The molecule has 0 aliphatic carbocycles. The molecule has 1 amide bonds. The SMILES string of the molecule is CC(C)[C@@H](NC(=O)Cc1ccc([N+](=O)[O-])cc1)c1cccs1. The monoisotopic (exact) mass is 318 g/mol. The van der Waals surface area contributed by atoms with Crippen LogP contribution in [0.3, 0.4) is 0 Å². The van der Waals surface area contributed by atoms with E-state index in [1.54, 1.807) is 23.5 Å². The van der Waals surface area contributed by atoms with Crippen molar-refractivity contribution in [1.29, 1.82) is 0 Å². The van der Waals surface area contributed by atoms with Crippen molar-refractivity contribution >= 4 is 22.9 Å². The minimum Gasteiger partial charge on any atom is -0.348 e. The highest BCUT2D eigenvalue weighted by molar-refractivity contribution is 7.10. The van der Waals surface area contributed by atoms with Crippen molar-refractivity contribution in [1.82, 2.24) is 5.32 Å². The summed E-state index contributed by atoms with van der Waals surface area (Å²) in [7, 11) is 0. The molecule has 2 rings (SSSR count). The maximum absolute atomic E-state index is 12.2. The number of carbonyl (C=O) groups excluding carboxylic acids is 1. The van der Waals surface area contributed by atoms with Gasteiger partial charge in [-0.3, -0.25) is 14.9 Å². The van der Waals surface area contributed by atoms with Gasteiger partial charge in [-0.25, -0.2) is 0 Å². The van der Waals surface area contributed by atoms with Crippen LogP contribution >= 0.6 is 11.3 Å². The van der Waals surface area contributed by atoms with Crippen LogP contribution in [0.25, 0.3) is 0 Å². The van der Waals surface area contributed by atoms with Crippen molar-refractivity contribution in [2.45, 2.75) is 26.3 Å². The lowest BCUT2D eigenvalue weighted by Gasteiger charge is -2.21. The summed E-state index contributed by atoms with van der Waals surface area (Å²) >= 11 is 1.62. The maximum atomic E-state index is 12.2. The fraction of sp³-hybridized carbons (Fsp3) is 0.312. The number of carbonyl (C=O) groups is 1. The number of non-ortho nitro benzene ring substituents is 1. The number of amides is 1. The van der Waals surface area contributed by atoms with Crippen LogP contribution in [0.15, 0.2) is 41.8 Å². The smallest absolute Gasteiger partial charge is 0.269 e. The van der Waals surface area contributed by atoms with Gasteiger partial charge in [-0.2, -0.15) is 0 Å². The first-order valence-electron chi connectivity index (χ1n) is 7.03. The Bertz CT molecular complexity index is 636. The first-order chi connectivity index (χ1) is 10.5. The number of hydrogen-bond acceptors (Lipinski definition) is 4. The molecule has 116 valence electrons. The van der Waals surface area contributed by atoms with Gasteiger partial charge in [-0.05, 0) is 22.9 Å². The third-order valence-electron chi connectivity index (χ3n) is 3.34. The van der Waals surface area contributed by atoms with Crippen LogP contribution in [0.5, 0.6) is 0 Å². The van der Waals surface area contributed by atoms with Crippen LogP contribution in [-0.2, 0) is 11.2 Å². The lowest BCUT2D eigenvalue weighted by molar-refractivity contribution is -0.384. The first kappa shape index (κ1) is 16.2. The molecule has 0 fully saturated rings. The molecule has 2 aromatic rings. The highest BCUT2D eigenvalue weighted by Gasteiger charge is 2.19. The lowest BCUT2D eigenvalue weighted by Crippen LogP contribution is -2.32. The predicted octanol–water partition coefficient (Wildman–Crippen LogP) is 3.71. The van der Waals surface area contributed by atoms with Crippen molar-refractivity contribution in [3.05, 3.63) is 62.3 Å². The van der Waals surface area contributed by atoms with Gasteiger partial charge in [-0.15, -0.1) is 11.3 Å². The number of hydrogen-bond donors (Lipinski definition) is 1. The molecule has 0 saturated heterocycles. The zero-order chi connectivity index (χ0) is 16.1. The highest BCUT2D eigenvalue weighted by atomic mass is 32.1. The quantitative estimate of drug-likeness (QED) is 0.652. The Balaban J connectivity index is 2.00. The van der Waals surface area contributed by atoms with Gasteiger partial charge in [0, 0.05) is 17.0 Å². The van der Waals surface area contributed by atoms with Gasteiger partial charge in [0.15, 0.2) is 0 Å². The molecule has 0 radical (unpaired) electrons. The largest absolute Gasteiger partial charge is 0.348 e. The fourth-order valence-electron chi connectivity index (χ4n) is 2.18. The number of nitro benzene ring substituents is 1. The van der Waals surface area contributed by atoms with Crippen LogP contribution in [0.2, 0.25) is 0 Å². The second-order valence-corrected chi connectivity index (χ2v) is 6.38. The molecule has 0 spiro atoms. The minimum absolute atomic E-state index is 0.00875. The second-order valence-electron chi connectivity index (χ2n) is 5.40. The molecule has 5 nitrogen and oxygen atoms in total. The highest BCUT2D eigenvalue weighted by Crippen LogP contribution is 2.25. The van der Waals surface area contributed by atoms with Gasteiger partial charge >= 0.3 is 0 Å². The van der Waals surface area contributed by atoms with Gasteiger partial charge in [0.1, 0.15) is 0 Å². The average Bonchev–Trinajstić information content (AvgIpc) is 2.99. The molecule has 0 saturated carbocycles. The summed E-state index contributed by atoms with van der Waals surface area (Å²) in [6, 6.07) is 10.1. The molecule has 1 aromatic heterocycles. The Labute approximate surface area is 133 Å². The number of rotatable bonds is 6. The van der Waals surface area contributed by atoms with E-state index in [9.17, 15) is 14.9 Å². The standard InChI is InChI=1S/C16H18N2O3S/c1-11(2)16(14-4-3-9-22-14)17-15(19)10-12-5-7-13(8-6-12)18(20)21/h3-9,11,16H,10H2,1-2H3,(H,17,19)/t16-/m1/s1. The van der Waals surface area contributed by atoms with Crippen molar-refractivity contribution < 1.29 is 9.72 Å². The summed E-state index contributed by atoms with van der Waals surface area (Å²) < 4.78 is 0. The zero-order valence-electron chi connectivity index (χ0n) is 12.5. The van der Waals surface area contributed by atoms with E-state index >= 15 is 0 Å². The average molecular weight is 318 g/mol. The van der Waals surface area contributed by atoms with Crippen LogP contribution in [0.4, 0.5) is 5.69 Å². The van der Waals surface area contributed by atoms with E-state index in [2.05, 4.69) is 19.2 Å². The number of thiophene rings is 1. The topological polar surface area (TPSA) is 72.2 Å². The van der Waals surface area contributed by atoms with Gasteiger partial charge in [0.05, 0.1) is 17.4 Å². The van der Waals surface area contributed by atoms with E-state index in [1.807, 2.05) is 17.5 Å². The van der Waals surface area contributed by atoms with Crippen molar-refractivity contribution in [2.75, 3.05) is 0 Å². The summed E-state index contributed by atoms with van der Waals surface area (Å²) in [4.78, 5) is 23.5. The maximum Gasteiger partial charge on any atom is 0.269 e. The Hall–Kier alpha value is -2.21. The van der Waals surface area contributed by atoms with Gasteiger partial charge in [0.25, 0.3) is 5.69 Å². The van der Waals surface area contributed by atoms with E-state index < -0.39 is 4.92 Å². The molecular weight excluding hydrogens is 300 g/mol. The Morgan fingerprint density at radius 1 is 1.27 bits per heavy atom. The molecule has 0 unspecified atom stereocenters. The van der Waals surface area contributed by atoms with E-state index in [1.165, 1.54) is 12.1 Å². The van der Waals surface area contributed by atoms with Crippen LogP contribution in [-0.4, -0.2) is 10.8 Å². The van der Waals surface area contributed by atoms with E-state index in [0.29, 0.717) is 5.92 Å². The van der Waals surface area contributed by atoms with E-state index in [0.717, 1.165) is 10.4 Å². The van der Waals surface area contributed by atoms with Crippen molar-refractivity contribution in [3.63, 3.8) is 0 Å². The molecular formula is C16H18N2O3S.